The van der Waals surface area contributed by atoms with Gasteiger partial charge in [0.25, 0.3) is 0 Å². The Morgan fingerprint density at radius 1 is 1.00 bits per heavy atom. The molecule has 1 aliphatic rings. The Kier molecular flexibility index (Phi) is 10.4. The fourth-order valence-corrected chi connectivity index (χ4v) is 3.24. The van der Waals surface area contributed by atoms with Crippen LogP contribution < -0.4 is 5.32 Å². The molecular weight excluding hydrogens is 300 g/mol. The van der Waals surface area contributed by atoms with E-state index in [9.17, 15) is 4.79 Å². The summed E-state index contributed by atoms with van der Waals surface area (Å²) in [6, 6.07) is 0.273. The summed E-state index contributed by atoms with van der Waals surface area (Å²) in [7, 11) is 0. The third-order valence-corrected chi connectivity index (χ3v) is 4.64. The number of nitrogens with one attached hydrogen (secondary N) is 1. The van der Waals surface area contributed by atoms with Crippen LogP contribution in [0.3, 0.4) is 0 Å². The third-order valence-electron chi connectivity index (χ3n) is 4.64. The van der Waals surface area contributed by atoms with Crippen molar-refractivity contribution in [2.75, 3.05) is 19.6 Å². The number of carbonyl (C=O) groups excluding carboxylic acids is 1. The number of likely N-dealkylation sites (tertiary alicyclic amines) is 1. The lowest BCUT2D eigenvalue weighted by Gasteiger charge is -2.32. The van der Waals surface area contributed by atoms with Gasteiger partial charge in [-0.1, -0.05) is 51.9 Å². The average Bonchev–Trinajstić information content (AvgIpc) is 2.49. The van der Waals surface area contributed by atoms with E-state index in [2.05, 4.69) is 17.1 Å². The van der Waals surface area contributed by atoms with E-state index >= 15 is 0 Å². The Hall–Kier alpha value is -0.770. The Balaban J connectivity index is 2.00. The van der Waals surface area contributed by atoms with Gasteiger partial charge in [0.05, 0.1) is 0 Å². The van der Waals surface area contributed by atoms with E-state index in [1.165, 1.54) is 57.9 Å². The predicted molar refractivity (Wildman–Crippen MR) is 101 cm³/mol. The van der Waals surface area contributed by atoms with Crippen molar-refractivity contribution < 1.29 is 9.53 Å². The maximum atomic E-state index is 11.8. The molecule has 4 heteroatoms. The van der Waals surface area contributed by atoms with Crippen molar-refractivity contribution in [1.82, 2.24) is 10.2 Å². The summed E-state index contributed by atoms with van der Waals surface area (Å²) in [6.07, 6.45) is 12.8. The van der Waals surface area contributed by atoms with Crippen LogP contribution in [-0.2, 0) is 4.74 Å². The first kappa shape index (κ1) is 21.3. The number of alkyl carbamates (subject to hydrolysis) is 1. The molecule has 0 spiro atoms. The monoisotopic (exact) mass is 340 g/mol. The number of piperidine rings is 1. The molecule has 0 aromatic carbocycles. The van der Waals surface area contributed by atoms with Crippen molar-refractivity contribution in [2.45, 2.75) is 104 Å². The molecule has 1 amide bonds. The van der Waals surface area contributed by atoms with E-state index in [4.69, 9.17) is 4.74 Å². The third kappa shape index (κ3) is 10.9. The lowest BCUT2D eigenvalue weighted by molar-refractivity contribution is 0.0479. The molecule has 4 nitrogen and oxygen atoms in total. The van der Waals surface area contributed by atoms with Crippen molar-refractivity contribution in [1.29, 1.82) is 0 Å². The molecule has 0 radical (unpaired) electrons. The highest BCUT2D eigenvalue weighted by molar-refractivity contribution is 5.68. The van der Waals surface area contributed by atoms with E-state index in [1.54, 1.807) is 0 Å². The van der Waals surface area contributed by atoms with Crippen LogP contribution in [0.4, 0.5) is 4.79 Å². The van der Waals surface area contributed by atoms with Crippen molar-refractivity contribution >= 4 is 6.09 Å². The number of hydrogen-bond acceptors (Lipinski definition) is 3. The van der Waals surface area contributed by atoms with Crippen LogP contribution in [0.5, 0.6) is 0 Å². The SMILES string of the molecule is CCCCCCCCCCN1CCC(NC(=O)OC(C)(C)C)CC1. The van der Waals surface area contributed by atoms with Gasteiger partial charge in [-0.05, 0) is 46.6 Å². The van der Waals surface area contributed by atoms with Gasteiger partial charge in [-0.25, -0.2) is 4.79 Å². The van der Waals surface area contributed by atoms with Crippen LogP contribution in [0.2, 0.25) is 0 Å². The summed E-state index contributed by atoms with van der Waals surface area (Å²) in [5.74, 6) is 0. The number of nitrogens with zero attached hydrogens (tertiary/aromatic N) is 1. The first-order valence-electron chi connectivity index (χ1n) is 10.1. The van der Waals surface area contributed by atoms with Crippen LogP contribution in [0.25, 0.3) is 0 Å². The van der Waals surface area contributed by atoms with Gasteiger partial charge in [0, 0.05) is 19.1 Å². The van der Waals surface area contributed by atoms with E-state index in [1.807, 2.05) is 20.8 Å². The standard InChI is InChI=1S/C20H40N2O2/c1-5-6-7-8-9-10-11-12-15-22-16-13-18(14-17-22)21-19(23)24-20(2,3)4/h18H,5-17H2,1-4H3,(H,21,23). The molecule has 0 bridgehead atoms. The van der Waals surface area contributed by atoms with Gasteiger partial charge in [-0.3, -0.25) is 0 Å². The van der Waals surface area contributed by atoms with Gasteiger partial charge in [0.1, 0.15) is 5.60 Å². The molecular formula is C20H40N2O2. The Labute approximate surface area is 149 Å². The summed E-state index contributed by atoms with van der Waals surface area (Å²) in [4.78, 5) is 14.3. The predicted octanol–water partition coefficient (Wildman–Crippen LogP) is 5.12. The van der Waals surface area contributed by atoms with E-state index in [0.29, 0.717) is 0 Å². The van der Waals surface area contributed by atoms with Gasteiger partial charge < -0.3 is 15.0 Å². The number of unbranched alkanes of at least 4 members (excludes halogenated alkanes) is 7. The molecule has 1 aliphatic heterocycles. The lowest BCUT2D eigenvalue weighted by atomic mass is 10.0. The molecule has 1 fully saturated rings. The first-order chi connectivity index (χ1) is 11.4. The molecule has 0 aliphatic carbocycles. The normalized spacial score (nSPS) is 17.0. The summed E-state index contributed by atoms with van der Waals surface area (Å²) < 4.78 is 5.33. The molecule has 1 N–H and O–H groups in total. The Morgan fingerprint density at radius 2 is 1.54 bits per heavy atom. The molecule has 142 valence electrons. The minimum Gasteiger partial charge on any atom is -0.444 e. The molecule has 0 aromatic heterocycles. The minimum absolute atomic E-state index is 0.273. The van der Waals surface area contributed by atoms with Crippen LogP contribution in [0, 0.1) is 0 Å². The van der Waals surface area contributed by atoms with Gasteiger partial charge in [0.2, 0.25) is 0 Å². The number of rotatable bonds is 10. The molecule has 0 saturated carbocycles. The second-order valence-electron chi connectivity index (χ2n) is 8.24. The fourth-order valence-electron chi connectivity index (χ4n) is 3.24. The first-order valence-corrected chi connectivity index (χ1v) is 10.1. The van der Waals surface area contributed by atoms with Gasteiger partial charge >= 0.3 is 6.09 Å². The second kappa shape index (κ2) is 11.7. The molecule has 1 heterocycles. The second-order valence-corrected chi connectivity index (χ2v) is 8.24. The maximum absolute atomic E-state index is 11.8. The van der Waals surface area contributed by atoms with Crippen LogP contribution >= 0.6 is 0 Å². The van der Waals surface area contributed by atoms with Gasteiger partial charge in [-0.2, -0.15) is 0 Å². The van der Waals surface area contributed by atoms with Crippen molar-refractivity contribution in [3.8, 4) is 0 Å². The smallest absolute Gasteiger partial charge is 0.407 e. The number of carbonyl (C=O) groups is 1. The number of ether oxygens (including phenoxy) is 1. The quantitative estimate of drug-likeness (QED) is 0.561. The molecule has 1 rings (SSSR count). The number of amides is 1. The van der Waals surface area contributed by atoms with Crippen molar-refractivity contribution in [3.63, 3.8) is 0 Å². The van der Waals surface area contributed by atoms with Gasteiger partial charge in [0.15, 0.2) is 0 Å². The summed E-state index contributed by atoms with van der Waals surface area (Å²) in [5, 5.41) is 3.01. The van der Waals surface area contributed by atoms with E-state index in [-0.39, 0.29) is 12.1 Å². The molecule has 0 atom stereocenters. The highest BCUT2D eigenvalue weighted by Gasteiger charge is 2.23. The maximum Gasteiger partial charge on any atom is 0.407 e. The summed E-state index contributed by atoms with van der Waals surface area (Å²) in [5.41, 5.74) is -0.415. The van der Waals surface area contributed by atoms with Crippen molar-refractivity contribution in [3.05, 3.63) is 0 Å². The largest absolute Gasteiger partial charge is 0.444 e. The Morgan fingerprint density at radius 3 is 2.08 bits per heavy atom. The Bertz CT molecular complexity index is 331. The van der Waals surface area contributed by atoms with E-state index < -0.39 is 5.60 Å². The van der Waals surface area contributed by atoms with Crippen LogP contribution in [0.15, 0.2) is 0 Å². The fraction of sp³-hybridized carbons (Fsp3) is 0.950. The highest BCUT2D eigenvalue weighted by atomic mass is 16.6. The molecule has 24 heavy (non-hydrogen) atoms. The molecule has 0 aromatic rings. The minimum atomic E-state index is -0.415. The molecule has 0 unspecified atom stereocenters. The van der Waals surface area contributed by atoms with Crippen molar-refractivity contribution in [2.24, 2.45) is 0 Å². The van der Waals surface area contributed by atoms with E-state index in [0.717, 1.165) is 25.9 Å². The lowest BCUT2D eigenvalue weighted by Crippen LogP contribution is -2.46. The topological polar surface area (TPSA) is 41.6 Å². The van der Waals surface area contributed by atoms with Crippen LogP contribution in [-0.4, -0.2) is 42.3 Å². The molecule has 1 saturated heterocycles. The van der Waals surface area contributed by atoms with Gasteiger partial charge in [-0.15, -0.1) is 0 Å². The summed E-state index contributed by atoms with van der Waals surface area (Å²) in [6.45, 7) is 11.4. The zero-order valence-electron chi connectivity index (χ0n) is 16.5. The number of hydrogen-bond donors (Lipinski definition) is 1. The zero-order chi connectivity index (χ0) is 17.8. The zero-order valence-corrected chi connectivity index (χ0v) is 16.5. The highest BCUT2D eigenvalue weighted by Crippen LogP contribution is 2.14. The summed E-state index contributed by atoms with van der Waals surface area (Å²) >= 11 is 0. The average molecular weight is 341 g/mol. The van der Waals surface area contributed by atoms with Crippen LogP contribution in [0.1, 0.15) is 91.9 Å².